The number of nitrogens with zero attached hydrogens (tertiary/aromatic N) is 1. The topological polar surface area (TPSA) is 29.3 Å². The SMILES string of the molecule is CC(C)(C)c1ccc(C2CC(N)CN(C3CCCC3)C2)cc1. The van der Waals surface area contributed by atoms with E-state index in [1.807, 2.05) is 0 Å². The minimum atomic E-state index is 0.234. The van der Waals surface area contributed by atoms with Crippen LogP contribution in [0, 0.1) is 0 Å². The molecule has 0 spiro atoms. The molecule has 1 saturated carbocycles. The summed E-state index contributed by atoms with van der Waals surface area (Å²) in [5.74, 6) is 0.610. The van der Waals surface area contributed by atoms with Gasteiger partial charge in [0.1, 0.15) is 0 Å². The molecule has 3 rings (SSSR count). The van der Waals surface area contributed by atoms with Crippen LogP contribution in [-0.2, 0) is 5.41 Å². The molecule has 2 fully saturated rings. The molecule has 1 aliphatic heterocycles. The molecule has 2 atom stereocenters. The molecule has 1 saturated heterocycles. The van der Waals surface area contributed by atoms with Gasteiger partial charge in [-0.15, -0.1) is 0 Å². The first-order valence-corrected chi connectivity index (χ1v) is 9.03. The molecule has 1 aromatic carbocycles. The lowest BCUT2D eigenvalue weighted by Crippen LogP contribution is -2.49. The number of nitrogens with two attached hydrogens (primary N) is 1. The third kappa shape index (κ3) is 3.55. The summed E-state index contributed by atoms with van der Waals surface area (Å²) in [6.45, 7) is 9.13. The zero-order chi connectivity index (χ0) is 15.7. The van der Waals surface area contributed by atoms with Gasteiger partial charge in [0, 0.05) is 25.2 Å². The maximum absolute atomic E-state index is 6.38. The number of piperidine rings is 1. The van der Waals surface area contributed by atoms with Crippen molar-refractivity contribution >= 4 is 0 Å². The van der Waals surface area contributed by atoms with Crippen LogP contribution in [0.3, 0.4) is 0 Å². The standard InChI is InChI=1S/C20H32N2/c1-20(2,3)17-10-8-15(9-11-17)16-12-18(21)14-22(13-16)19-6-4-5-7-19/h8-11,16,18-19H,4-7,12-14,21H2,1-3H3. The molecule has 2 N–H and O–H groups in total. The molecule has 1 heterocycles. The van der Waals surface area contributed by atoms with E-state index in [1.54, 1.807) is 0 Å². The van der Waals surface area contributed by atoms with Crippen LogP contribution < -0.4 is 5.73 Å². The van der Waals surface area contributed by atoms with E-state index in [4.69, 9.17) is 5.73 Å². The Kier molecular flexibility index (Phi) is 4.61. The van der Waals surface area contributed by atoms with Crippen molar-refractivity contribution in [1.82, 2.24) is 4.90 Å². The normalized spacial score (nSPS) is 28.2. The fourth-order valence-electron chi connectivity index (χ4n) is 4.24. The summed E-state index contributed by atoms with van der Waals surface area (Å²) in [7, 11) is 0. The number of hydrogen-bond donors (Lipinski definition) is 1. The molecular weight excluding hydrogens is 268 g/mol. The molecule has 2 unspecified atom stereocenters. The highest BCUT2D eigenvalue weighted by atomic mass is 15.2. The maximum Gasteiger partial charge on any atom is 0.0174 e. The highest BCUT2D eigenvalue weighted by molar-refractivity contribution is 5.30. The second-order valence-corrected chi connectivity index (χ2v) is 8.46. The molecule has 1 aliphatic carbocycles. The van der Waals surface area contributed by atoms with Crippen molar-refractivity contribution < 1.29 is 0 Å². The highest BCUT2D eigenvalue weighted by Crippen LogP contribution is 2.33. The van der Waals surface area contributed by atoms with Gasteiger partial charge in [0.2, 0.25) is 0 Å². The van der Waals surface area contributed by atoms with Crippen LogP contribution in [0.4, 0.5) is 0 Å². The lowest BCUT2D eigenvalue weighted by atomic mass is 9.83. The molecule has 0 aromatic heterocycles. The predicted molar refractivity (Wildman–Crippen MR) is 94.3 cm³/mol. The molecule has 2 aliphatic rings. The van der Waals surface area contributed by atoms with Gasteiger partial charge < -0.3 is 5.73 Å². The smallest absolute Gasteiger partial charge is 0.0174 e. The van der Waals surface area contributed by atoms with E-state index in [0.29, 0.717) is 12.0 Å². The summed E-state index contributed by atoms with van der Waals surface area (Å²) >= 11 is 0. The summed E-state index contributed by atoms with van der Waals surface area (Å²) in [4.78, 5) is 2.68. The van der Waals surface area contributed by atoms with Crippen molar-refractivity contribution in [2.24, 2.45) is 5.73 Å². The predicted octanol–water partition coefficient (Wildman–Crippen LogP) is 4.04. The molecule has 22 heavy (non-hydrogen) atoms. The van der Waals surface area contributed by atoms with Crippen LogP contribution in [-0.4, -0.2) is 30.1 Å². The van der Waals surface area contributed by atoms with E-state index in [1.165, 1.54) is 43.4 Å². The zero-order valence-electron chi connectivity index (χ0n) is 14.5. The largest absolute Gasteiger partial charge is 0.327 e. The van der Waals surface area contributed by atoms with E-state index < -0.39 is 0 Å². The van der Waals surface area contributed by atoms with Crippen LogP contribution in [0.5, 0.6) is 0 Å². The average molecular weight is 300 g/mol. The van der Waals surface area contributed by atoms with E-state index in [2.05, 4.69) is 49.9 Å². The summed E-state index contributed by atoms with van der Waals surface area (Å²) in [6.07, 6.45) is 6.70. The van der Waals surface area contributed by atoms with Gasteiger partial charge >= 0.3 is 0 Å². The Labute approximate surface area is 136 Å². The number of likely N-dealkylation sites (tertiary alicyclic amines) is 1. The Morgan fingerprint density at radius 3 is 2.23 bits per heavy atom. The lowest BCUT2D eigenvalue weighted by molar-refractivity contribution is 0.136. The van der Waals surface area contributed by atoms with Crippen molar-refractivity contribution in [2.75, 3.05) is 13.1 Å². The van der Waals surface area contributed by atoms with Crippen LogP contribution in [0.25, 0.3) is 0 Å². The van der Waals surface area contributed by atoms with Crippen LogP contribution in [0.1, 0.15) is 69.9 Å². The summed E-state index contributed by atoms with van der Waals surface area (Å²) in [5.41, 5.74) is 9.51. The second kappa shape index (κ2) is 6.33. The first-order chi connectivity index (χ1) is 10.4. The fraction of sp³-hybridized carbons (Fsp3) is 0.700. The third-order valence-electron chi connectivity index (χ3n) is 5.60. The van der Waals surface area contributed by atoms with Crippen molar-refractivity contribution in [3.8, 4) is 0 Å². The molecule has 0 bridgehead atoms. The van der Waals surface area contributed by atoms with Crippen LogP contribution in [0.2, 0.25) is 0 Å². The minimum Gasteiger partial charge on any atom is -0.327 e. The van der Waals surface area contributed by atoms with Gasteiger partial charge in [0.05, 0.1) is 0 Å². The Bertz CT molecular complexity index is 479. The zero-order valence-corrected chi connectivity index (χ0v) is 14.5. The van der Waals surface area contributed by atoms with Gasteiger partial charge in [-0.25, -0.2) is 0 Å². The number of rotatable bonds is 2. The Hall–Kier alpha value is -0.860. The van der Waals surface area contributed by atoms with Crippen molar-refractivity contribution in [3.05, 3.63) is 35.4 Å². The molecule has 2 heteroatoms. The minimum absolute atomic E-state index is 0.234. The van der Waals surface area contributed by atoms with Gasteiger partial charge in [-0.3, -0.25) is 4.90 Å². The summed E-state index contributed by atoms with van der Waals surface area (Å²) in [5, 5.41) is 0. The maximum atomic E-state index is 6.38. The summed E-state index contributed by atoms with van der Waals surface area (Å²) in [6, 6.07) is 10.4. The molecule has 1 aromatic rings. The first-order valence-electron chi connectivity index (χ1n) is 9.03. The Balaban J connectivity index is 1.72. The van der Waals surface area contributed by atoms with E-state index in [9.17, 15) is 0 Å². The van der Waals surface area contributed by atoms with E-state index in [-0.39, 0.29) is 5.41 Å². The highest BCUT2D eigenvalue weighted by Gasteiger charge is 2.31. The van der Waals surface area contributed by atoms with E-state index in [0.717, 1.165) is 19.0 Å². The monoisotopic (exact) mass is 300 g/mol. The molecule has 0 radical (unpaired) electrons. The molecular formula is C20H32N2. The quantitative estimate of drug-likeness (QED) is 0.893. The van der Waals surface area contributed by atoms with Crippen molar-refractivity contribution in [3.63, 3.8) is 0 Å². The average Bonchev–Trinajstić information content (AvgIpc) is 3.00. The van der Waals surface area contributed by atoms with Gasteiger partial charge in [-0.1, -0.05) is 57.9 Å². The van der Waals surface area contributed by atoms with E-state index >= 15 is 0 Å². The van der Waals surface area contributed by atoms with Gasteiger partial charge in [-0.2, -0.15) is 0 Å². The second-order valence-electron chi connectivity index (χ2n) is 8.46. The fourth-order valence-corrected chi connectivity index (χ4v) is 4.24. The van der Waals surface area contributed by atoms with Crippen LogP contribution in [0.15, 0.2) is 24.3 Å². The van der Waals surface area contributed by atoms with Gasteiger partial charge in [-0.05, 0) is 41.7 Å². The lowest BCUT2D eigenvalue weighted by Gasteiger charge is -2.40. The van der Waals surface area contributed by atoms with Crippen molar-refractivity contribution in [1.29, 1.82) is 0 Å². The first kappa shape index (κ1) is 16.0. The van der Waals surface area contributed by atoms with Crippen LogP contribution >= 0.6 is 0 Å². The summed E-state index contributed by atoms with van der Waals surface area (Å²) < 4.78 is 0. The molecule has 0 amide bonds. The van der Waals surface area contributed by atoms with Crippen molar-refractivity contribution in [2.45, 2.75) is 76.3 Å². The third-order valence-corrected chi connectivity index (χ3v) is 5.60. The Morgan fingerprint density at radius 1 is 1.00 bits per heavy atom. The molecule has 2 nitrogen and oxygen atoms in total. The molecule has 122 valence electrons. The Morgan fingerprint density at radius 2 is 1.64 bits per heavy atom. The van der Waals surface area contributed by atoms with Gasteiger partial charge in [0.25, 0.3) is 0 Å². The van der Waals surface area contributed by atoms with Gasteiger partial charge in [0.15, 0.2) is 0 Å². The number of hydrogen-bond acceptors (Lipinski definition) is 2. The number of benzene rings is 1.